The highest BCUT2D eigenvalue weighted by Gasteiger charge is 2.32. The first-order valence-electron chi connectivity index (χ1n) is 12.0. The molecule has 2 amide bonds. The predicted octanol–water partition coefficient (Wildman–Crippen LogP) is 2.03. The van der Waals surface area contributed by atoms with E-state index in [9.17, 15) is 19.2 Å². The van der Waals surface area contributed by atoms with E-state index in [1.807, 2.05) is 41.5 Å². The molecule has 0 aromatic rings. The smallest absolute Gasteiger partial charge is 0.320 e. The van der Waals surface area contributed by atoms with Gasteiger partial charge in [0.1, 0.15) is 17.4 Å². The van der Waals surface area contributed by atoms with Crippen molar-refractivity contribution in [1.29, 1.82) is 0 Å². The minimum absolute atomic E-state index is 0.0113. The Morgan fingerprint density at radius 1 is 0.971 bits per heavy atom. The van der Waals surface area contributed by atoms with Crippen molar-refractivity contribution in [3.8, 4) is 0 Å². The van der Waals surface area contributed by atoms with Crippen LogP contribution in [-0.2, 0) is 28.7 Å². The number of nitrogens with one attached hydrogen (secondary N) is 2. The number of hydrogen-bond acceptors (Lipinski definition) is 7. The largest absolute Gasteiger partial charge is 0.480 e. The summed E-state index contributed by atoms with van der Waals surface area (Å²) in [5, 5.41) is 14.6. The van der Waals surface area contributed by atoms with Gasteiger partial charge in [-0.2, -0.15) is 0 Å². The van der Waals surface area contributed by atoms with Crippen LogP contribution in [-0.4, -0.2) is 72.2 Å². The van der Waals surface area contributed by atoms with Gasteiger partial charge in [0, 0.05) is 29.3 Å². The van der Waals surface area contributed by atoms with E-state index in [4.69, 9.17) is 20.3 Å². The number of hydrogen-bond donors (Lipinski definition) is 4. The molecule has 204 valence electrons. The van der Waals surface area contributed by atoms with Crippen molar-refractivity contribution in [3.63, 3.8) is 0 Å². The number of rotatable bonds is 17. The van der Waals surface area contributed by atoms with Gasteiger partial charge >= 0.3 is 5.97 Å². The van der Waals surface area contributed by atoms with Crippen LogP contribution in [0.5, 0.6) is 0 Å². The molecule has 0 aromatic heterocycles. The second-order valence-corrected chi connectivity index (χ2v) is 11.8. The highest BCUT2D eigenvalue weighted by Crippen LogP contribution is 2.21. The minimum atomic E-state index is -1.14. The molecule has 0 radical (unpaired) electrons. The van der Waals surface area contributed by atoms with E-state index < -0.39 is 28.6 Å². The maximum Gasteiger partial charge on any atom is 0.320 e. The van der Waals surface area contributed by atoms with Crippen molar-refractivity contribution < 1.29 is 33.8 Å². The number of carboxylic acids is 1. The third-order valence-corrected chi connectivity index (χ3v) is 5.85. The molecule has 0 aromatic carbocycles. The van der Waals surface area contributed by atoms with Crippen LogP contribution in [0.1, 0.15) is 81.6 Å². The Bertz CT molecular complexity index is 745. The molecule has 0 spiro atoms. The summed E-state index contributed by atoms with van der Waals surface area (Å²) in [4.78, 5) is 47.2. The summed E-state index contributed by atoms with van der Waals surface area (Å²) in [7, 11) is 0. The number of nitrogens with two attached hydrogens (primary N) is 1. The number of amides is 2. The lowest BCUT2D eigenvalue weighted by molar-refractivity contribution is -0.144. The first kappa shape index (κ1) is 33.0. The monoisotopic (exact) mass is 501 g/mol. The zero-order valence-corrected chi connectivity index (χ0v) is 23.0. The Morgan fingerprint density at radius 2 is 1.54 bits per heavy atom. The Labute approximate surface area is 210 Å². The van der Waals surface area contributed by atoms with Crippen molar-refractivity contribution in [2.24, 2.45) is 16.6 Å². The predicted molar refractivity (Wildman–Crippen MR) is 134 cm³/mol. The first-order valence-corrected chi connectivity index (χ1v) is 12.0. The van der Waals surface area contributed by atoms with Gasteiger partial charge in [0.2, 0.25) is 5.91 Å². The summed E-state index contributed by atoms with van der Waals surface area (Å²) in [5.41, 5.74) is 2.86. The van der Waals surface area contributed by atoms with E-state index in [0.717, 1.165) is 0 Å². The molecule has 10 heteroatoms. The highest BCUT2D eigenvalue weighted by molar-refractivity contribution is 5.84. The van der Waals surface area contributed by atoms with E-state index in [0.29, 0.717) is 26.2 Å². The number of Topliss-reactive ketones (excluding diaryl/α,β-unsaturated/α-hetero) is 1. The zero-order valence-electron chi connectivity index (χ0n) is 23.0. The summed E-state index contributed by atoms with van der Waals surface area (Å²) in [5.74, 6) is -1.63. The molecule has 10 nitrogen and oxygen atoms in total. The first-order chi connectivity index (χ1) is 15.7. The summed E-state index contributed by atoms with van der Waals surface area (Å²) < 4.78 is 11.6. The van der Waals surface area contributed by atoms with Crippen LogP contribution in [0.4, 0.5) is 0 Å². The van der Waals surface area contributed by atoms with Gasteiger partial charge in [0.25, 0.3) is 5.91 Å². The molecule has 0 heterocycles. The third kappa shape index (κ3) is 13.6. The Balaban J connectivity index is 4.52. The minimum Gasteiger partial charge on any atom is -0.480 e. The van der Waals surface area contributed by atoms with Crippen LogP contribution in [0.25, 0.3) is 0 Å². The van der Waals surface area contributed by atoms with Crippen molar-refractivity contribution in [2.75, 3.05) is 26.4 Å². The van der Waals surface area contributed by atoms with E-state index in [1.165, 1.54) is 0 Å². The van der Waals surface area contributed by atoms with Gasteiger partial charge in [-0.05, 0) is 47.5 Å². The third-order valence-electron chi connectivity index (χ3n) is 5.85. The molecular weight excluding hydrogens is 454 g/mol. The van der Waals surface area contributed by atoms with E-state index in [2.05, 4.69) is 10.6 Å². The molecule has 5 N–H and O–H groups in total. The van der Waals surface area contributed by atoms with Crippen LogP contribution in [0.3, 0.4) is 0 Å². The van der Waals surface area contributed by atoms with E-state index in [-0.39, 0.29) is 42.5 Å². The van der Waals surface area contributed by atoms with Gasteiger partial charge in [0.05, 0.1) is 19.8 Å². The SMILES string of the molecule is CC(=O)C(C)(C)COCC(C)(C)CNC(=O)C(C)(C)OCCC(C)(C)NC(=O)CC[C@H](N)C(=O)O. The second-order valence-electron chi connectivity index (χ2n) is 11.8. The molecule has 0 unspecified atom stereocenters. The molecule has 0 saturated carbocycles. The van der Waals surface area contributed by atoms with Gasteiger partial charge in [-0.3, -0.25) is 19.2 Å². The van der Waals surface area contributed by atoms with Crippen LogP contribution >= 0.6 is 0 Å². The van der Waals surface area contributed by atoms with Gasteiger partial charge in [-0.25, -0.2) is 0 Å². The van der Waals surface area contributed by atoms with Gasteiger partial charge in [-0.1, -0.05) is 27.7 Å². The Kier molecular flexibility index (Phi) is 12.5. The quantitative estimate of drug-likeness (QED) is 0.236. The second kappa shape index (κ2) is 13.3. The average Bonchev–Trinajstić information content (AvgIpc) is 2.68. The van der Waals surface area contributed by atoms with Crippen molar-refractivity contribution in [1.82, 2.24) is 10.6 Å². The Morgan fingerprint density at radius 3 is 2.06 bits per heavy atom. The lowest BCUT2D eigenvalue weighted by Crippen LogP contribution is -2.49. The number of aliphatic carboxylic acids is 1. The van der Waals surface area contributed by atoms with Crippen molar-refractivity contribution in [3.05, 3.63) is 0 Å². The number of carboxylic acid groups (broad SMARTS) is 1. The normalized spacial score (nSPS) is 13.8. The summed E-state index contributed by atoms with van der Waals surface area (Å²) in [6, 6.07) is -1.07. The Hall–Kier alpha value is -2.04. The van der Waals surface area contributed by atoms with E-state index >= 15 is 0 Å². The van der Waals surface area contributed by atoms with Crippen LogP contribution in [0, 0.1) is 10.8 Å². The van der Waals surface area contributed by atoms with Gasteiger partial charge in [0.15, 0.2) is 0 Å². The van der Waals surface area contributed by atoms with Gasteiger partial charge < -0.3 is 30.9 Å². The topological polar surface area (TPSA) is 157 Å². The van der Waals surface area contributed by atoms with Gasteiger partial charge in [-0.15, -0.1) is 0 Å². The zero-order chi connectivity index (χ0) is 27.7. The van der Waals surface area contributed by atoms with Crippen molar-refractivity contribution >= 4 is 23.6 Å². The molecular formula is C25H47N3O7. The average molecular weight is 502 g/mol. The van der Waals surface area contributed by atoms with E-state index in [1.54, 1.807) is 20.8 Å². The molecule has 0 aliphatic rings. The van der Waals surface area contributed by atoms with Crippen LogP contribution in [0.15, 0.2) is 0 Å². The molecule has 1 atom stereocenters. The summed E-state index contributed by atoms with van der Waals surface area (Å²) >= 11 is 0. The summed E-state index contributed by atoms with van der Waals surface area (Å²) in [6.07, 6.45) is 0.514. The lowest BCUT2D eigenvalue weighted by atomic mass is 9.89. The fourth-order valence-electron chi connectivity index (χ4n) is 2.81. The molecule has 0 saturated heterocycles. The fourth-order valence-corrected chi connectivity index (χ4v) is 2.81. The standard InChI is InChI=1S/C25H47N3O7/c1-17(29)23(4,5)16-34-15-22(2,3)14-27-21(33)25(8,9)35-13-12-24(6,7)28-19(30)11-10-18(26)20(31)32/h18H,10-16,26H2,1-9H3,(H,27,33)(H,28,30)(H,31,32)/t18-/m0/s1. The maximum absolute atomic E-state index is 12.7. The lowest BCUT2D eigenvalue weighted by Gasteiger charge is -2.31. The number of ketones is 1. The van der Waals surface area contributed by atoms with Crippen LogP contribution < -0.4 is 16.4 Å². The van der Waals surface area contributed by atoms with Crippen molar-refractivity contribution in [2.45, 2.75) is 98.8 Å². The number of ether oxygens (including phenoxy) is 2. The molecule has 0 aliphatic carbocycles. The molecule has 0 aliphatic heterocycles. The van der Waals surface area contributed by atoms with Crippen LogP contribution in [0.2, 0.25) is 0 Å². The fraction of sp³-hybridized carbons (Fsp3) is 0.840. The molecule has 35 heavy (non-hydrogen) atoms. The number of carbonyl (C=O) groups excluding carboxylic acids is 3. The maximum atomic E-state index is 12.7. The molecule has 0 fully saturated rings. The number of carbonyl (C=O) groups is 4. The summed E-state index contributed by atoms with van der Waals surface area (Å²) in [6.45, 7) is 17.5. The molecule has 0 rings (SSSR count). The highest BCUT2D eigenvalue weighted by atomic mass is 16.5. The molecule has 0 bridgehead atoms.